The van der Waals surface area contributed by atoms with Crippen molar-refractivity contribution in [3.05, 3.63) is 77.0 Å². The summed E-state index contributed by atoms with van der Waals surface area (Å²) in [6.45, 7) is 6.51. The van der Waals surface area contributed by atoms with Crippen molar-refractivity contribution in [2.75, 3.05) is 0 Å². The van der Waals surface area contributed by atoms with E-state index in [1.165, 1.54) is 54.6 Å². The van der Waals surface area contributed by atoms with Gasteiger partial charge >= 0.3 is 0 Å². The van der Waals surface area contributed by atoms with E-state index in [2.05, 4.69) is 59.8 Å². The topological polar surface area (TPSA) is 46.0 Å². The van der Waals surface area contributed by atoms with Gasteiger partial charge in [0.1, 0.15) is 5.82 Å². The van der Waals surface area contributed by atoms with Crippen LogP contribution in [0.2, 0.25) is 0 Å². The molecule has 1 aliphatic heterocycles. The Morgan fingerprint density at radius 2 is 1.75 bits per heavy atom. The SMILES string of the molecule is Cc1cccnc1-n1c(C)cc(C2C(c3ccccn3)NC(=S)N2C2CCCCC2)c1C. The van der Waals surface area contributed by atoms with Crippen molar-refractivity contribution < 1.29 is 0 Å². The lowest BCUT2D eigenvalue weighted by Gasteiger charge is -2.37. The van der Waals surface area contributed by atoms with Crippen LogP contribution in [0.25, 0.3) is 5.82 Å². The van der Waals surface area contributed by atoms with Crippen LogP contribution in [-0.4, -0.2) is 30.6 Å². The number of rotatable bonds is 4. The van der Waals surface area contributed by atoms with E-state index in [4.69, 9.17) is 22.2 Å². The van der Waals surface area contributed by atoms with Crippen LogP contribution in [-0.2, 0) is 0 Å². The number of thiocarbonyl (C=S) groups is 1. The highest BCUT2D eigenvalue weighted by molar-refractivity contribution is 7.80. The lowest BCUT2D eigenvalue weighted by atomic mass is 9.90. The predicted octanol–water partition coefficient (Wildman–Crippen LogP) is 5.50. The van der Waals surface area contributed by atoms with E-state index < -0.39 is 0 Å². The highest BCUT2D eigenvalue weighted by atomic mass is 32.1. The second-order valence-corrected chi connectivity index (χ2v) is 9.52. The van der Waals surface area contributed by atoms with Crippen LogP contribution in [0.1, 0.15) is 72.4 Å². The Kier molecular flexibility index (Phi) is 5.72. The van der Waals surface area contributed by atoms with Crippen molar-refractivity contribution in [2.45, 2.75) is 71.0 Å². The zero-order chi connectivity index (χ0) is 22.2. The molecule has 0 aromatic carbocycles. The summed E-state index contributed by atoms with van der Waals surface area (Å²) >= 11 is 5.94. The molecule has 32 heavy (non-hydrogen) atoms. The largest absolute Gasteiger partial charge is 0.352 e. The van der Waals surface area contributed by atoms with Gasteiger partial charge in [0.15, 0.2) is 5.11 Å². The molecule has 0 bridgehead atoms. The Balaban J connectivity index is 1.64. The molecule has 2 fully saturated rings. The fraction of sp³-hybridized carbons (Fsp3) is 0.423. The van der Waals surface area contributed by atoms with Gasteiger partial charge in [-0.15, -0.1) is 0 Å². The standard InChI is InChI=1S/C26H31N5S/c1-17-10-9-15-28-25(17)30-18(2)16-21(19(30)3)24-23(22-13-7-8-14-27-22)29-26(32)31(24)20-11-5-4-6-12-20/h7-10,13-16,20,23-24H,4-6,11-12H2,1-3H3,(H,29,32). The van der Waals surface area contributed by atoms with Crippen molar-refractivity contribution in [3.63, 3.8) is 0 Å². The van der Waals surface area contributed by atoms with Crippen LogP contribution >= 0.6 is 12.2 Å². The zero-order valence-corrected chi connectivity index (χ0v) is 19.9. The van der Waals surface area contributed by atoms with Crippen LogP contribution in [0.4, 0.5) is 0 Å². The number of nitrogens with zero attached hydrogens (tertiary/aromatic N) is 4. The monoisotopic (exact) mass is 445 g/mol. The van der Waals surface area contributed by atoms with E-state index in [-0.39, 0.29) is 12.1 Å². The van der Waals surface area contributed by atoms with Crippen molar-refractivity contribution in [2.24, 2.45) is 0 Å². The minimum Gasteiger partial charge on any atom is -0.352 e. The third kappa shape index (κ3) is 3.60. The minimum atomic E-state index is 0.0319. The van der Waals surface area contributed by atoms with Crippen molar-refractivity contribution in [1.29, 1.82) is 0 Å². The molecular formula is C26H31N5S. The molecule has 2 aliphatic rings. The molecule has 0 radical (unpaired) electrons. The summed E-state index contributed by atoms with van der Waals surface area (Å²) in [6, 6.07) is 13.2. The summed E-state index contributed by atoms with van der Waals surface area (Å²) < 4.78 is 2.29. The van der Waals surface area contributed by atoms with Crippen molar-refractivity contribution in [1.82, 2.24) is 24.8 Å². The molecule has 5 nitrogen and oxygen atoms in total. The van der Waals surface area contributed by atoms with Gasteiger partial charge in [0.25, 0.3) is 0 Å². The highest BCUT2D eigenvalue weighted by Crippen LogP contribution is 2.44. The summed E-state index contributed by atoms with van der Waals surface area (Å²) in [5, 5.41) is 4.50. The molecule has 1 aliphatic carbocycles. The Morgan fingerprint density at radius 3 is 2.47 bits per heavy atom. The molecule has 166 valence electrons. The van der Waals surface area contributed by atoms with E-state index in [1.54, 1.807) is 0 Å². The summed E-state index contributed by atoms with van der Waals surface area (Å²) in [6.07, 6.45) is 10.0. The molecule has 1 N–H and O–H groups in total. The smallest absolute Gasteiger partial charge is 0.170 e. The molecule has 0 spiro atoms. The molecule has 2 unspecified atom stereocenters. The lowest BCUT2D eigenvalue weighted by molar-refractivity contribution is 0.197. The molecule has 5 rings (SSSR count). The van der Waals surface area contributed by atoms with Crippen LogP contribution in [0.3, 0.4) is 0 Å². The molecule has 1 saturated carbocycles. The summed E-state index contributed by atoms with van der Waals surface area (Å²) in [5.74, 6) is 1.00. The van der Waals surface area contributed by atoms with Gasteiger partial charge in [0.2, 0.25) is 0 Å². The van der Waals surface area contributed by atoms with Crippen LogP contribution < -0.4 is 5.32 Å². The molecular weight excluding hydrogens is 414 g/mol. The average Bonchev–Trinajstić information content (AvgIpc) is 3.31. The van der Waals surface area contributed by atoms with E-state index >= 15 is 0 Å². The first-order valence-electron chi connectivity index (χ1n) is 11.7. The minimum absolute atomic E-state index is 0.0319. The summed E-state index contributed by atoms with van der Waals surface area (Å²) in [4.78, 5) is 11.9. The van der Waals surface area contributed by atoms with Gasteiger partial charge in [0.05, 0.1) is 17.8 Å². The first-order valence-corrected chi connectivity index (χ1v) is 12.1. The van der Waals surface area contributed by atoms with Crippen molar-refractivity contribution in [3.8, 4) is 5.82 Å². The van der Waals surface area contributed by atoms with E-state index in [0.717, 1.165) is 16.6 Å². The van der Waals surface area contributed by atoms with E-state index in [1.807, 2.05) is 24.5 Å². The van der Waals surface area contributed by atoms with E-state index in [0.29, 0.717) is 6.04 Å². The molecule has 3 aromatic rings. The molecule has 0 amide bonds. The third-order valence-electron chi connectivity index (χ3n) is 7.09. The first kappa shape index (κ1) is 21.1. The fourth-order valence-corrected chi connectivity index (χ4v) is 5.96. The van der Waals surface area contributed by atoms with Gasteiger partial charge in [-0.25, -0.2) is 4.98 Å². The average molecular weight is 446 g/mol. The normalized spacial score (nSPS) is 21.7. The van der Waals surface area contributed by atoms with Crippen LogP contribution in [0.15, 0.2) is 48.8 Å². The number of hydrogen-bond acceptors (Lipinski definition) is 3. The quantitative estimate of drug-likeness (QED) is 0.538. The first-order chi connectivity index (χ1) is 15.6. The molecule has 1 saturated heterocycles. The van der Waals surface area contributed by atoms with Gasteiger partial charge < -0.3 is 14.8 Å². The third-order valence-corrected chi connectivity index (χ3v) is 7.41. The van der Waals surface area contributed by atoms with Crippen LogP contribution in [0, 0.1) is 20.8 Å². The van der Waals surface area contributed by atoms with Crippen LogP contribution in [0.5, 0.6) is 0 Å². The maximum Gasteiger partial charge on any atom is 0.170 e. The number of hydrogen-bond donors (Lipinski definition) is 1. The number of aryl methyl sites for hydroxylation is 2. The van der Waals surface area contributed by atoms with Crippen molar-refractivity contribution >= 4 is 17.3 Å². The molecule has 4 heterocycles. The maximum absolute atomic E-state index is 5.94. The molecule has 3 aromatic heterocycles. The van der Waals surface area contributed by atoms with Gasteiger partial charge in [-0.05, 0) is 81.2 Å². The summed E-state index contributed by atoms with van der Waals surface area (Å²) in [7, 11) is 0. The Bertz CT molecular complexity index is 1120. The Hall–Kier alpha value is -2.73. The molecule has 6 heteroatoms. The lowest BCUT2D eigenvalue weighted by Crippen LogP contribution is -2.40. The van der Waals surface area contributed by atoms with Gasteiger partial charge in [-0.3, -0.25) is 4.98 Å². The zero-order valence-electron chi connectivity index (χ0n) is 19.1. The Morgan fingerprint density at radius 1 is 0.969 bits per heavy atom. The predicted molar refractivity (Wildman–Crippen MR) is 132 cm³/mol. The van der Waals surface area contributed by atoms with Gasteiger partial charge in [-0.1, -0.05) is 31.4 Å². The number of nitrogens with one attached hydrogen (secondary N) is 1. The van der Waals surface area contributed by atoms with E-state index in [9.17, 15) is 0 Å². The maximum atomic E-state index is 5.94. The number of aromatic nitrogens is 3. The second kappa shape index (κ2) is 8.66. The van der Waals surface area contributed by atoms with Gasteiger partial charge in [0, 0.05) is 29.8 Å². The Labute approximate surface area is 195 Å². The van der Waals surface area contributed by atoms with Gasteiger partial charge in [-0.2, -0.15) is 0 Å². The summed E-state index contributed by atoms with van der Waals surface area (Å²) in [5.41, 5.74) is 5.94. The highest BCUT2D eigenvalue weighted by Gasteiger charge is 2.44. The fourth-order valence-electron chi connectivity index (χ4n) is 5.58. The second-order valence-electron chi connectivity index (χ2n) is 9.13. The number of pyridine rings is 2. The molecule has 2 atom stereocenters.